The normalized spacial score (nSPS) is 11.4. The SMILES string of the molecule is Cc1nn(CC(C)C)c(Cl)c1/C=C/C(=O)N(C)CCc1ccccn1. The number of hydrogen-bond donors (Lipinski definition) is 0. The van der Waals surface area contributed by atoms with Crippen LogP contribution in [0.25, 0.3) is 6.08 Å². The van der Waals surface area contributed by atoms with E-state index in [0.717, 1.165) is 29.9 Å². The molecule has 1 amide bonds. The Balaban J connectivity index is 1.98. The number of nitrogens with zero attached hydrogens (tertiary/aromatic N) is 4. The summed E-state index contributed by atoms with van der Waals surface area (Å²) in [5.74, 6) is 0.385. The highest BCUT2D eigenvalue weighted by molar-refractivity contribution is 6.31. The van der Waals surface area contributed by atoms with Crippen molar-refractivity contribution < 1.29 is 4.79 Å². The van der Waals surface area contributed by atoms with E-state index in [1.807, 2.05) is 25.1 Å². The molecule has 5 nitrogen and oxygen atoms in total. The van der Waals surface area contributed by atoms with Crippen molar-refractivity contribution in [3.05, 3.63) is 52.6 Å². The van der Waals surface area contributed by atoms with Crippen LogP contribution in [-0.2, 0) is 17.8 Å². The zero-order valence-electron chi connectivity index (χ0n) is 15.2. The number of halogens is 1. The minimum absolute atomic E-state index is 0.0667. The van der Waals surface area contributed by atoms with Crippen molar-refractivity contribution in [1.82, 2.24) is 19.7 Å². The second-order valence-electron chi connectivity index (χ2n) is 6.53. The van der Waals surface area contributed by atoms with Crippen molar-refractivity contribution in [2.45, 2.75) is 33.7 Å². The summed E-state index contributed by atoms with van der Waals surface area (Å²) < 4.78 is 1.79. The molecule has 6 heteroatoms. The summed E-state index contributed by atoms with van der Waals surface area (Å²) >= 11 is 6.39. The second-order valence-corrected chi connectivity index (χ2v) is 6.89. The molecule has 2 rings (SSSR count). The first kappa shape index (κ1) is 19.2. The first-order chi connectivity index (χ1) is 11.9. The van der Waals surface area contributed by atoms with Crippen LogP contribution in [-0.4, -0.2) is 39.2 Å². The van der Waals surface area contributed by atoms with Crippen LogP contribution in [0.1, 0.15) is 30.8 Å². The first-order valence-electron chi connectivity index (χ1n) is 8.44. The van der Waals surface area contributed by atoms with Crippen LogP contribution >= 0.6 is 11.6 Å². The predicted octanol–water partition coefficient (Wildman–Crippen LogP) is 3.61. The van der Waals surface area contributed by atoms with E-state index in [4.69, 9.17) is 11.6 Å². The highest BCUT2D eigenvalue weighted by Gasteiger charge is 2.13. The molecule has 0 aromatic carbocycles. The molecule has 0 atom stereocenters. The highest BCUT2D eigenvalue weighted by Crippen LogP contribution is 2.22. The first-order valence-corrected chi connectivity index (χ1v) is 8.82. The summed E-state index contributed by atoms with van der Waals surface area (Å²) in [4.78, 5) is 18.2. The molecule has 0 radical (unpaired) electrons. The van der Waals surface area contributed by atoms with Gasteiger partial charge in [0.15, 0.2) is 0 Å². The van der Waals surface area contributed by atoms with Gasteiger partial charge in [0.1, 0.15) is 5.15 Å². The van der Waals surface area contributed by atoms with Gasteiger partial charge in [0, 0.05) is 50.1 Å². The predicted molar refractivity (Wildman–Crippen MR) is 101 cm³/mol. The second kappa shape index (κ2) is 8.81. The van der Waals surface area contributed by atoms with E-state index >= 15 is 0 Å². The summed E-state index contributed by atoms with van der Waals surface area (Å²) in [6.45, 7) is 7.49. The Morgan fingerprint density at radius 3 is 2.80 bits per heavy atom. The quantitative estimate of drug-likeness (QED) is 0.709. The largest absolute Gasteiger partial charge is 0.342 e. The minimum atomic E-state index is -0.0667. The molecule has 134 valence electrons. The molecule has 0 N–H and O–H groups in total. The van der Waals surface area contributed by atoms with Crippen molar-refractivity contribution in [2.75, 3.05) is 13.6 Å². The maximum atomic E-state index is 12.3. The van der Waals surface area contributed by atoms with Crippen LogP contribution in [0.5, 0.6) is 0 Å². The third kappa shape index (κ3) is 5.43. The van der Waals surface area contributed by atoms with Crippen molar-refractivity contribution >= 4 is 23.6 Å². The Bertz CT molecular complexity index is 737. The maximum Gasteiger partial charge on any atom is 0.246 e. The van der Waals surface area contributed by atoms with E-state index in [9.17, 15) is 4.79 Å². The van der Waals surface area contributed by atoms with Crippen molar-refractivity contribution in [2.24, 2.45) is 5.92 Å². The van der Waals surface area contributed by atoms with Gasteiger partial charge in [0.2, 0.25) is 5.91 Å². The number of pyridine rings is 1. The van der Waals surface area contributed by atoms with Crippen LogP contribution in [0.2, 0.25) is 5.15 Å². The standard InChI is InChI=1S/C19H25ClN4O/c1-14(2)13-24-19(20)17(15(3)22-24)8-9-18(25)23(4)12-10-16-7-5-6-11-21-16/h5-9,11,14H,10,12-13H2,1-4H3/b9-8+. The van der Waals surface area contributed by atoms with Gasteiger partial charge in [-0.15, -0.1) is 0 Å². The monoisotopic (exact) mass is 360 g/mol. The van der Waals surface area contributed by atoms with Gasteiger partial charge < -0.3 is 4.90 Å². The molecule has 0 spiro atoms. The zero-order chi connectivity index (χ0) is 18.4. The summed E-state index contributed by atoms with van der Waals surface area (Å²) in [7, 11) is 1.78. The Labute approximate surface area is 154 Å². The lowest BCUT2D eigenvalue weighted by atomic mass is 10.2. The van der Waals surface area contributed by atoms with Crippen molar-refractivity contribution in [1.29, 1.82) is 0 Å². The van der Waals surface area contributed by atoms with E-state index < -0.39 is 0 Å². The van der Waals surface area contributed by atoms with E-state index in [0.29, 0.717) is 17.6 Å². The van der Waals surface area contributed by atoms with Gasteiger partial charge >= 0.3 is 0 Å². The van der Waals surface area contributed by atoms with Gasteiger partial charge in [-0.2, -0.15) is 5.10 Å². The number of likely N-dealkylation sites (N-methyl/N-ethyl adjacent to an activating group) is 1. The van der Waals surface area contributed by atoms with E-state index in [1.54, 1.807) is 35.0 Å². The summed E-state index contributed by atoms with van der Waals surface area (Å²) in [6.07, 6.45) is 5.79. The lowest BCUT2D eigenvalue weighted by Gasteiger charge is -2.14. The average Bonchev–Trinajstić information content (AvgIpc) is 2.84. The third-order valence-corrected chi connectivity index (χ3v) is 4.24. The fourth-order valence-electron chi connectivity index (χ4n) is 2.44. The molecule has 0 aliphatic rings. The third-order valence-electron chi connectivity index (χ3n) is 3.85. The Hall–Kier alpha value is -2.14. The van der Waals surface area contributed by atoms with Crippen LogP contribution in [0, 0.1) is 12.8 Å². The molecule has 0 saturated heterocycles. The number of carbonyl (C=O) groups excluding carboxylic acids is 1. The topological polar surface area (TPSA) is 51.0 Å². The molecule has 2 aromatic heterocycles. The van der Waals surface area contributed by atoms with Crippen LogP contribution in [0.15, 0.2) is 30.5 Å². The van der Waals surface area contributed by atoms with Crippen molar-refractivity contribution in [3.8, 4) is 0 Å². The number of amides is 1. The van der Waals surface area contributed by atoms with Crippen LogP contribution in [0.4, 0.5) is 0 Å². The lowest BCUT2D eigenvalue weighted by molar-refractivity contribution is -0.124. The van der Waals surface area contributed by atoms with Gasteiger partial charge in [-0.1, -0.05) is 31.5 Å². The van der Waals surface area contributed by atoms with Gasteiger partial charge in [0.25, 0.3) is 0 Å². The summed E-state index contributed by atoms with van der Waals surface area (Å²) in [6, 6.07) is 5.79. The molecule has 2 aromatic rings. The van der Waals surface area contributed by atoms with Gasteiger partial charge in [-0.3, -0.25) is 14.5 Å². The number of aryl methyl sites for hydroxylation is 1. The Morgan fingerprint density at radius 2 is 2.16 bits per heavy atom. The molecule has 0 aliphatic heterocycles. The molecule has 0 fully saturated rings. The summed E-state index contributed by atoms with van der Waals surface area (Å²) in [5.41, 5.74) is 2.60. The molecule has 0 saturated carbocycles. The Morgan fingerprint density at radius 1 is 1.40 bits per heavy atom. The Kier molecular flexibility index (Phi) is 6.76. The fourth-order valence-corrected chi connectivity index (χ4v) is 2.75. The van der Waals surface area contributed by atoms with Gasteiger partial charge in [0.05, 0.1) is 5.69 Å². The smallest absolute Gasteiger partial charge is 0.246 e. The minimum Gasteiger partial charge on any atom is -0.342 e. The summed E-state index contributed by atoms with van der Waals surface area (Å²) in [5, 5.41) is 5.02. The van der Waals surface area contributed by atoms with Crippen LogP contribution < -0.4 is 0 Å². The number of carbonyl (C=O) groups is 1. The zero-order valence-corrected chi connectivity index (χ0v) is 16.0. The van der Waals surface area contributed by atoms with Gasteiger partial charge in [-0.25, -0.2) is 0 Å². The number of aromatic nitrogens is 3. The van der Waals surface area contributed by atoms with E-state index in [1.165, 1.54) is 0 Å². The molecular formula is C19H25ClN4O. The van der Waals surface area contributed by atoms with Crippen LogP contribution in [0.3, 0.4) is 0 Å². The molecular weight excluding hydrogens is 336 g/mol. The molecule has 2 heterocycles. The van der Waals surface area contributed by atoms with E-state index in [-0.39, 0.29) is 5.91 Å². The molecule has 0 aliphatic carbocycles. The molecule has 25 heavy (non-hydrogen) atoms. The highest BCUT2D eigenvalue weighted by atomic mass is 35.5. The fraction of sp³-hybridized carbons (Fsp3) is 0.421. The maximum absolute atomic E-state index is 12.3. The van der Waals surface area contributed by atoms with E-state index in [2.05, 4.69) is 23.9 Å². The van der Waals surface area contributed by atoms with Crippen molar-refractivity contribution in [3.63, 3.8) is 0 Å². The molecule has 0 bridgehead atoms. The average molecular weight is 361 g/mol. The lowest BCUT2D eigenvalue weighted by Crippen LogP contribution is -2.27. The number of rotatable bonds is 7. The number of hydrogen-bond acceptors (Lipinski definition) is 3. The van der Waals surface area contributed by atoms with Gasteiger partial charge in [-0.05, 0) is 31.1 Å². The molecule has 0 unspecified atom stereocenters.